The first-order valence-corrected chi connectivity index (χ1v) is 16.1. The number of hydrogen-bond acceptors (Lipinski definition) is 9. The van der Waals surface area contributed by atoms with Crippen LogP contribution in [0.15, 0.2) is 72.8 Å². The molecule has 0 fully saturated rings. The van der Waals surface area contributed by atoms with E-state index in [1.807, 2.05) is 43.3 Å². The summed E-state index contributed by atoms with van der Waals surface area (Å²) in [6.45, 7) is -1.95. The second kappa shape index (κ2) is 16.0. The second-order valence-electron chi connectivity index (χ2n) is 11.9. The first-order valence-electron chi connectivity index (χ1n) is 15.7. The van der Waals surface area contributed by atoms with E-state index >= 15 is 0 Å². The van der Waals surface area contributed by atoms with Gasteiger partial charge in [-0.25, -0.2) is 0 Å². The van der Waals surface area contributed by atoms with Gasteiger partial charge in [-0.2, -0.15) is 18.4 Å². The predicted molar refractivity (Wildman–Crippen MR) is 179 cm³/mol. The van der Waals surface area contributed by atoms with Crippen LogP contribution in [-0.4, -0.2) is 71.5 Å². The molecule has 0 bridgehead atoms. The Bertz CT molecular complexity index is 1830. The van der Waals surface area contributed by atoms with Crippen LogP contribution in [0.3, 0.4) is 0 Å². The average Bonchev–Trinajstić information content (AvgIpc) is 3.11. The van der Waals surface area contributed by atoms with Crippen LogP contribution in [0.4, 0.5) is 13.2 Å². The quantitative estimate of drug-likeness (QED) is 0.140. The molecule has 0 spiro atoms. The zero-order chi connectivity index (χ0) is 35.9. The lowest BCUT2D eigenvalue weighted by Gasteiger charge is -2.40. The maximum atomic E-state index is 13.7. The van der Waals surface area contributed by atoms with Gasteiger partial charge >= 0.3 is 6.18 Å². The van der Waals surface area contributed by atoms with E-state index in [2.05, 4.69) is 6.07 Å². The Balaban J connectivity index is 1.46. The van der Waals surface area contributed by atoms with Gasteiger partial charge in [0.05, 0.1) is 48.6 Å². The zero-order valence-electron chi connectivity index (χ0n) is 27.2. The van der Waals surface area contributed by atoms with E-state index in [0.717, 1.165) is 27.2 Å². The van der Waals surface area contributed by atoms with Crippen molar-refractivity contribution in [2.75, 3.05) is 39.6 Å². The van der Waals surface area contributed by atoms with Gasteiger partial charge < -0.3 is 34.3 Å². The lowest BCUT2D eigenvalue weighted by Crippen LogP contribution is -2.59. The molecule has 4 aromatic carbocycles. The van der Waals surface area contributed by atoms with Crippen molar-refractivity contribution in [2.24, 2.45) is 0 Å². The van der Waals surface area contributed by atoms with Crippen LogP contribution >= 0.6 is 11.6 Å². The largest absolute Gasteiger partial charge is 0.488 e. The number of aliphatic hydroxyl groups is 3. The first-order chi connectivity index (χ1) is 24.0. The number of halogens is 4. The molecule has 0 atom stereocenters. The second-order valence-corrected chi connectivity index (χ2v) is 12.3. The fourth-order valence-corrected chi connectivity index (χ4v) is 5.86. The summed E-state index contributed by atoms with van der Waals surface area (Å²) in [6, 6.07) is 23.1. The van der Waals surface area contributed by atoms with Gasteiger partial charge in [-0.05, 0) is 65.1 Å². The summed E-state index contributed by atoms with van der Waals surface area (Å²) in [6.07, 6.45) is -4.73. The van der Waals surface area contributed by atoms with Crippen LogP contribution in [-0.2, 0) is 19.8 Å². The molecule has 13 heteroatoms. The summed E-state index contributed by atoms with van der Waals surface area (Å²) < 4.78 is 64.9. The lowest BCUT2D eigenvalue weighted by atomic mass is 9.96. The van der Waals surface area contributed by atoms with Crippen molar-refractivity contribution < 1.29 is 47.4 Å². The number of hydrogen-bond donors (Lipinski definition) is 3. The van der Waals surface area contributed by atoms with E-state index in [4.69, 9.17) is 30.5 Å². The van der Waals surface area contributed by atoms with Crippen molar-refractivity contribution in [1.82, 2.24) is 4.90 Å². The number of nitriles is 1. The summed E-state index contributed by atoms with van der Waals surface area (Å²) in [7, 11) is 0. The molecule has 5 rings (SSSR count). The van der Waals surface area contributed by atoms with Crippen LogP contribution in [0.1, 0.15) is 27.8 Å². The van der Waals surface area contributed by atoms with E-state index in [0.29, 0.717) is 35.8 Å². The van der Waals surface area contributed by atoms with Crippen LogP contribution in [0.25, 0.3) is 11.1 Å². The Hall–Kier alpha value is -4.51. The van der Waals surface area contributed by atoms with Crippen molar-refractivity contribution in [1.29, 1.82) is 5.26 Å². The van der Waals surface area contributed by atoms with Gasteiger partial charge in [-0.1, -0.05) is 48.0 Å². The summed E-state index contributed by atoms with van der Waals surface area (Å²) in [5.74, 6) is 1.66. The Kier molecular flexibility index (Phi) is 11.8. The highest BCUT2D eigenvalue weighted by molar-refractivity contribution is 6.32. The third-order valence-electron chi connectivity index (χ3n) is 8.53. The first kappa shape index (κ1) is 36.8. The van der Waals surface area contributed by atoms with Gasteiger partial charge in [-0.15, -0.1) is 0 Å². The molecule has 50 heavy (non-hydrogen) atoms. The molecule has 0 amide bonds. The highest BCUT2D eigenvalue weighted by Gasteiger charge is 2.42. The molecule has 1 aliphatic rings. The van der Waals surface area contributed by atoms with E-state index < -0.39 is 44.6 Å². The molecule has 4 aromatic rings. The van der Waals surface area contributed by atoms with Crippen molar-refractivity contribution in [3.63, 3.8) is 0 Å². The molecule has 1 heterocycles. The van der Waals surface area contributed by atoms with Crippen molar-refractivity contribution in [3.8, 4) is 40.2 Å². The standard InChI is InChI=1S/C37H36ClF3N2O7/c1-24-28(6-3-7-30(24)27-8-9-32-35(14-27)48-11-10-47-32)19-50-34-15-33(49-18-26-5-2-4-25(12-26)16-42)29(13-31(34)38)17-43(20-37(39,40)41)36(21-44,22-45)23-46/h2-9,12-15,44-46H,10-11,17-23H2,1H3. The van der Waals surface area contributed by atoms with Crippen LogP contribution in [0.2, 0.25) is 5.02 Å². The molecule has 0 saturated carbocycles. The summed E-state index contributed by atoms with van der Waals surface area (Å²) in [5, 5.41) is 39.4. The van der Waals surface area contributed by atoms with Gasteiger partial charge in [-0.3, -0.25) is 4.90 Å². The van der Waals surface area contributed by atoms with Crippen LogP contribution in [0.5, 0.6) is 23.0 Å². The third-order valence-corrected chi connectivity index (χ3v) is 8.83. The maximum Gasteiger partial charge on any atom is 0.401 e. The highest BCUT2D eigenvalue weighted by Crippen LogP contribution is 2.38. The predicted octanol–water partition coefficient (Wildman–Crippen LogP) is 6.20. The van der Waals surface area contributed by atoms with Crippen LogP contribution in [0, 0.1) is 18.3 Å². The molecule has 1 aliphatic heterocycles. The zero-order valence-corrected chi connectivity index (χ0v) is 27.9. The SMILES string of the molecule is Cc1c(COc2cc(OCc3cccc(C#N)c3)c(CN(CC(F)(F)F)C(CO)(CO)CO)cc2Cl)cccc1-c1ccc2c(c1)OCCO2. The molecule has 264 valence electrons. The minimum absolute atomic E-state index is 0.0509. The topological polar surface area (TPSA) is 125 Å². The van der Waals surface area contributed by atoms with Crippen molar-refractivity contribution in [3.05, 3.63) is 106 Å². The van der Waals surface area contributed by atoms with Crippen molar-refractivity contribution >= 4 is 11.6 Å². The summed E-state index contributed by atoms with van der Waals surface area (Å²) in [4.78, 5) is 0.745. The Morgan fingerprint density at radius 1 is 0.840 bits per heavy atom. The number of alkyl halides is 3. The van der Waals surface area contributed by atoms with E-state index in [1.165, 1.54) is 12.1 Å². The third kappa shape index (κ3) is 8.61. The number of aliphatic hydroxyl groups excluding tert-OH is 3. The monoisotopic (exact) mass is 712 g/mol. The molecular formula is C37H36ClF3N2O7. The Morgan fingerprint density at radius 3 is 2.24 bits per heavy atom. The fourth-order valence-electron chi connectivity index (χ4n) is 5.62. The van der Waals surface area contributed by atoms with Gasteiger partial charge in [0.2, 0.25) is 0 Å². The summed E-state index contributed by atoms with van der Waals surface area (Å²) >= 11 is 6.66. The summed E-state index contributed by atoms with van der Waals surface area (Å²) in [5.41, 5.74) is 2.88. The molecule has 0 aliphatic carbocycles. The van der Waals surface area contributed by atoms with E-state index in [-0.39, 0.29) is 35.3 Å². The van der Waals surface area contributed by atoms with Crippen LogP contribution < -0.4 is 18.9 Å². The van der Waals surface area contributed by atoms with Gasteiger partial charge in [0.25, 0.3) is 0 Å². The number of ether oxygens (including phenoxy) is 4. The number of benzene rings is 4. The number of rotatable bonds is 14. The molecule has 0 radical (unpaired) electrons. The molecule has 3 N–H and O–H groups in total. The lowest BCUT2D eigenvalue weighted by molar-refractivity contribution is -0.174. The minimum Gasteiger partial charge on any atom is -0.488 e. The molecule has 0 unspecified atom stereocenters. The number of fused-ring (bicyclic) bond motifs is 1. The maximum absolute atomic E-state index is 13.7. The normalized spacial score (nSPS) is 12.9. The van der Waals surface area contributed by atoms with Gasteiger partial charge in [0.1, 0.15) is 37.9 Å². The molecule has 0 saturated heterocycles. The average molecular weight is 713 g/mol. The van der Waals surface area contributed by atoms with Gasteiger partial charge in [0, 0.05) is 18.2 Å². The highest BCUT2D eigenvalue weighted by atomic mass is 35.5. The smallest absolute Gasteiger partial charge is 0.401 e. The number of nitrogens with zero attached hydrogens (tertiary/aromatic N) is 2. The minimum atomic E-state index is -4.73. The van der Waals surface area contributed by atoms with Gasteiger partial charge in [0.15, 0.2) is 11.5 Å². The Morgan fingerprint density at radius 2 is 1.54 bits per heavy atom. The Labute approximate surface area is 292 Å². The van der Waals surface area contributed by atoms with E-state index in [1.54, 1.807) is 24.3 Å². The molecular weight excluding hydrogens is 677 g/mol. The molecule has 0 aromatic heterocycles. The van der Waals surface area contributed by atoms with E-state index in [9.17, 15) is 33.8 Å². The fraction of sp³-hybridized carbons (Fsp3) is 0.324. The van der Waals surface area contributed by atoms with Crippen molar-refractivity contribution in [2.45, 2.75) is 38.4 Å². The molecule has 9 nitrogen and oxygen atoms in total.